The van der Waals surface area contributed by atoms with Gasteiger partial charge >= 0.3 is 12.1 Å². The Morgan fingerprint density at radius 1 is 1.39 bits per heavy atom. The van der Waals surface area contributed by atoms with Crippen molar-refractivity contribution in [1.82, 2.24) is 4.98 Å². The Labute approximate surface area is 128 Å². The summed E-state index contributed by atoms with van der Waals surface area (Å²) in [5, 5.41) is 9.07. The Morgan fingerprint density at radius 2 is 2.09 bits per heavy atom. The zero-order chi connectivity index (χ0) is 17.2. The summed E-state index contributed by atoms with van der Waals surface area (Å²) in [7, 11) is 0. The van der Waals surface area contributed by atoms with E-state index in [9.17, 15) is 22.4 Å². The molecular weight excluding hydrogens is 316 g/mol. The van der Waals surface area contributed by atoms with Gasteiger partial charge in [0.1, 0.15) is 11.9 Å². The van der Waals surface area contributed by atoms with E-state index in [0.717, 1.165) is 18.2 Å². The zero-order valence-electron chi connectivity index (χ0n) is 11.9. The van der Waals surface area contributed by atoms with Crippen molar-refractivity contribution in [2.75, 3.05) is 6.61 Å². The van der Waals surface area contributed by atoms with Gasteiger partial charge in [-0.2, -0.15) is 18.4 Å². The number of pyridine rings is 1. The Kier molecular flexibility index (Phi) is 4.50. The Morgan fingerprint density at radius 3 is 2.65 bits per heavy atom. The van der Waals surface area contributed by atoms with Gasteiger partial charge in [-0.15, -0.1) is 0 Å². The minimum Gasteiger partial charge on any atom is -0.466 e. The van der Waals surface area contributed by atoms with Gasteiger partial charge in [0.2, 0.25) is 0 Å². The molecule has 23 heavy (non-hydrogen) atoms. The standard InChI is InChI=1S/C15H10F4N2O2/c1-2-23-13(22)6-9-10-5-8(16)3-4-12(10)21-14(11(9)7-20)15(17,18)19/h3-5H,2,6H2,1H3. The molecule has 0 atom stereocenters. The van der Waals surface area contributed by atoms with Crippen molar-refractivity contribution >= 4 is 16.9 Å². The first kappa shape index (κ1) is 16.7. The van der Waals surface area contributed by atoms with Crippen molar-refractivity contribution in [3.05, 3.63) is 40.8 Å². The van der Waals surface area contributed by atoms with E-state index < -0.39 is 35.6 Å². The number of halogens is 4. The van der Waals surface area contributed by atoms with Crippen LogP contribution in [0.25, 0.3) is 10.9 Å². The zero-order valence-corrected chi connectivity index (χ0v) is 11.9. The van der Waals surface area contributed by atoms with Crippen molar-refractivity contribution in [3.63, 3.8) is 0 Å². The fourth-order valence-electron chi connectivity index (χ4n) is 2.17. The van der Waals surface area contributed by atoms with Gasteiger partial charge in [0, 0.05) is 5.39 Å². The van der Waals surface area contributed by atoms with E-state index in [1.807, 2.05) is 0 Å². The number of hydrogen-bond acceptors (Lipinski definition) is 4. The van der Waals surface area contributed by atoms with Gasteiger partial charge in [-0.1, -0.05) is 0 Å². The van der Waals surface area contributed by atoms with Crippen LogP contribution in [-0.4, -0.2) is 17.6 Å². The van der Waals surface area contributed by atoms with Crippen molar-refractivity contribution in [2.45, 2.75) is 19.5 Å². The molecule has 120 valence electrons. The molecule has 0 aliphatic carbocycles. The van der Waals surface area contributed by atoms with Crippen LogP contribution in [0.1, 0.15) is 23.7 Å². The number of aromatic nitrogens is 1. The van der Waals surface area contributed by atoms with Gasteiger partial charge in [0.15, 0.2) is 5.69 Å². The molecule has 0 unspecified atom stereocenters. The highest BCUT2D eigenvalue weighted by molar-refractivity contribution is 5.89. The smallest absolute Gasteiger partial charge is 0.434 e. The number of hydrogen-bond donors (Lipinski definition) is 0. The van der Waals surface area contributed by atoms with E-state index in [0.29, 0.717) is 0 Å². The molecule has 0 saturated carbocycles. The maximum Gasteiger partial charge on any atom is 0.434 e. The summed E-state index contributed by atoms with van der Waals surface area (Å²) in [6, 6.07) is 4.38. The monoisotopic (exact) mass is 326 g/mol. The predicted molar refractivity (Wildman–Crippen MR) is 71.8 cm³/mol. The summed E-state index contributed by atoms with van der Waals surface area (Å²) in [6.07, 6.45) is -5.46. The number of esters is 1. The number of nitrogens with zero attached hydrogens (tertiary/aromatic N) is 2. The highest BCUT2D eigenvalue weighted by Gasteiger charge is 2.38. The number of ether oxygens (including phenoxy) is 1. The van der Waals surface area contributed by atoms with E-state index in [1.165, 1.54) is 13.0 Å². The van der Waals surface area contributed by atoms with Gasteiger partial charge in [-0.25, -0.2) is 9.37 Å². The minimum atomic E-state index is -4.88. The second-order valence-corrected chi connectivity index (χ2v) is 4.57. The Bertz CT molecular complexity index is 810. The van der Waals surface area contributed by atoms with Gasteiger partial charge in [-0.3, -0.25) is 4.79 Å². The fraction of sp³-hybridized carbons (Fsp3) is 0.267. The summed E-state index contributed by atoms with van der Waals surface area (Å²) in [4.78, 5) is 15.0. The number of nitriles is 1. The molecule has 0 radical (unpaired) electrons. The van der Waals surface area contributed by atoms with E-state index in [-0.39, 0.29) is 23.1 Å². The second-order valence-electron chi connectivity index (χ2n) is 4.57. The molecule has 2 aromatic rings. The number of alkyl halides is 3. The molecule has 0 spiro atoms. The van der Waals surface area contributed by atoms with Crippen LogP contribution in [0.3, 0.4) is 0 Å². The molecule has 8 heteroatoms. The third-order valence-electron chi connectivity index (χ3n) is 3.06. The van der Waals surface area contributed by atoms with Crippen LogP contribution >= 0.6 is 0 Å². The number of carbonyl (C=O) groups is 1. The fourth-order valence-corrected chi connectivity index (χ4v) is 2.17. The number of benzene rings is 1. The lowest BCUT2D eigenvalue weighted by Crippen LogP contribution is -2.16. The second kappa shape index (κ2) is 6.20. The van der Waals surface area contributed by atoms with Crippen molar-refractivity contribution in [1.29, 1.82) is 5.26 Å². The van der Waals surface area contributed by atoms with Crippen LogP contribution in [0, 0.1) is 17.1 Å². The van der Waals surface area contributed by atoms with Crippen LogP contribution in [0.4, 0.5) is 17.6 Å². The van der Waals surface area contributed by atoms with Crippen LogP contribution in [0.5, 0.6) is 0 Å². The van der Waals surface area contributed by atoms with E-state index in [4.69, 9.17) is 10.00 Å². The molecular formula is C15H10F4N2O2. The number of fused-ring (bicyclic) bond motifs is 1. The molecule has 0 aliphatic rings. The first-order valence-electron chi connectivity index (χ1n) is 6.53. The molecule has 0 N–H and O–H groups in total. The van der Waals surface area contributed by atoms with Crippen LogP contribution in [0.15, 0.2) is 18.2 Å². The lowest BCUT2D eigenvalue weighted by atomic mass is 9.98. The topological polar surface area (TPSA) is 63.0 Å². The van der Waals surface area contributed by atoms with Crippen LogP contribution in [-0.2, 0) is 22.1 Å². The molecule has 4 nitrogen and oxygen atoms in total. The minimum absolute atomic E-state index is 0.0254. The quantitative estimate of drug-likeness (QED) is 0.641. The van der Waals surface area contributed by atoms with Gasteiger partial charge in [0.05, 0.1) is 24.1 Å². The summed E-state index contributed by atoms with van der Waals surface area (Å²) in [5.41, 5.74) is -2.61. The van der Waals surface area contributed by atoms with Crippen LogP contribution in [0.2, 0.25) is 0 Å². The Balaban J connectivity index is 2.79. The third kappa shape index (κ3) is 3.39. The SMILES string of the molecule is CCOC(=O)Cc1c(C#N)c(C(F)(F)F)nc2ccc(F)cc12. The first-order valence-corrected chi connectivity index (χ1v) is 6.53. The molecule has 0 fully saturated rings. The lowest BCUT2D eigenvalue weighted by molar-refractivity contribution is -0.143. The van der Waals surface area contributed by atoms with Crippen molar-refractivity contribution < 1.29 is 27.1 Å². The van der Waals surface area contributed by atoms with E-state index in [2.05, 4.69) is 4.98 Å². The molecule has 0 saturated heterocycles. The van der Waals surface area contributed by atoms with Gasteiger partial charge in [-0.05, 0) is 30.7 Å². The largest absolute Gasteiger partial charge is 0.466 e. The normalized spacial score (nSPS) is 11.3. The molecule has 0 aliphatic heterocycles. The third-order valence-corrected chi connectivity index (χ3v) is 3.06. The predicted octanol–water partition coefficient (Wildman–Crippen LogP) is 3.37. The van der Waals surface area contributed by atoms with E-state index in [1.54, 1.807) is 0 Å². The lowest BCUT2D eigenvalue weighted by Gasteiger charge is -2.14. The molecule has 0 amide bonds. The van der Waals surface area contributed by atoms with Gasteiger partial charge in [0.25, 0.3) is 0 Å². The number of rotatable bonds is 3. The summed E-state index contributed by atoms with van der Waals surface area (Å²) in [5.74, 6) is -1.53. The first-order chi connectivity index (χ1) is 10.8. The van der Waals surface area contributed by atoms with Crippen molar-refractivity contribution in [3.8, 4) is 6.07 Å². The van der Waals surface area contributed by atoms with Crippen molar-refractivity contribution in [2.24, 2.45) is 0 Å². The Hall–Kier alpha value is -2.69. The molecule has 0 bridgehead atoms. The summed E-state index contributed by atoms with van der Waals surface area (Å²) in [6.45, 7) is 1.57. The average molecular weight is 326 g/mol. The highest BCUT2D eigenvalue weighted by Crippen LogP contribution is 2.35. The number of carbonyl (C=O) groups excluding carboxylic acids is 1. The maximum atomic E-state index is 13.4. The average Bonchev–Trinajstić information content (AvgIpc) is 2.46. The summed E-state index contributed by atoms with van der Waals surface area (Å²) >= 11 is 0. The molecule has 1 aromatic heterocycles. The van der Waals surface area contributed by atoms with Gasteiger partial charge < -0.3 is 4.74 Å². The van der Waals surface area contributed by atoms with Crippen LogP contribution < -0.4 is 0 Å². The highest BCUT2D eigenvalue weighted by atomic mass is 19.4. The maximum absolute atomic E-state index is 13.4. The molecule has 2 rings (SSSR count). The molecule has 1 aromatic carbocycles. The summed E-state index contributed by atoms with van der Waals surface area (Å²) < 4.78 is 57.4. The van der Waals surface area contributed by atoms with E-state index >= 15 is 0 Å². The molecule has 1 heterocycles.